The fraction of sp³-hybridized carbons (Fsp3) is 0.222. The SMILES string of the molecule is C[C@@H](N=C1NS(=O)(=O)c2ccccc21)C(=O)NCCc1ccc(S(N)(=O)=O)cc1. The Bertz CT molecular complexity index is 1170. The number of aliphatic imine (C=N–C) groups is 1. The Morgan fingerprint density at radius 1 is 1.17 bits per heavy atom. The van der Waals surface area contributed by atoms with E-state index in [1.165, 1.54) is 18.2 Å². The van der Waals surface area contributed by atoms with E-state index in [1.54, 1.807) is 37.3 Å². The molecular weight excluding hydrogens is 416 g/mol. The number of fused-ring (bicyclic) bond motifs is 1. The van der Waals surface area contributed by atoms with Gasteiger partial charge in [-0.2, -0.15) is 0 Å². The fourth-order valence-corrected chi connectivity index (χ4v) is 4.56. The van der Waals surface area contributed by atoms with Crippen LogP contribution in [0.2, 0.25) is 0 Å². The van der Waals surface area contributed by atoms with E-state index in [1.807, 2.05) is 0 Å². The van der Waals surface area contributed by atoms with Crippen molar-refractivity contribution in [1.82, 2.24) is 10.0 Å². The van der Waals surface area contributed by atoms with Crippen molar-refractivity contribution in [2.75, 3.05) is 6.54 Å². The van der Waals surface area contributed by atoms with Crippen molar-refractivity contribution in [1.29, 1.82) is 0 Å². The van der Waals surface area contributed by atoms with Gasteiger partial charge in [0.2, 0.25) is 15.9 Å². The van der Waals surface area contributed by atoms with E-state index in [4.69, 9.17) is 5.14 Å². The Morgan fingerprint density at radius 2 is 1.83 bits per heavy atom. The summed E-state index contributed by atoms with van der Waals surface area (Å²) >= 11 is 0. The summed E-state index contributed by atoms with van der Waals surface area (Å²) in [4.78, 5) is 16.7. The molecule has 0 spiro atoms. The second-order valence-corrected chi connectivity index (χ2v) is 9.70. The Balaban J connectivity index is 1.60. The number of hydrogen-bond donors (Lipinski definition) is 3. The van der Waals surface area contributed by atoms with Gasteiger partial charge in [-0.25, -0.2) is 22.0 Å². The quantitative estimate of drug-likeness (QED) is 0.588. The van der Waals surface area contributed by atoms with Crippen LogP contribution in [-0.2, 0) is 31.3 Å². The summed E-state index contributed by atoms with van der Waals surface area (Å²) in [7, 11) is -7.40. The summed E-state index contributed by atoms with van der Waals surface area (Å²) < 4.78 is 49.0. The Labute approximate surface area is 169 Å². The van der Waals surface area contributed by atoms with Crippen LogP contribution in [0.3, 0.4) is 0 Å². The molecule has 2 aromatic carbocycles. The molecule has 4 N–H and O–H groups in total. The molecule has 0 unspecified atom stereocenters. The van der Waals surface area contributed by atoms with Crippen LogP contribution in [-0.4, -0.2) is 41.2 Å². The lowest BCUT2D eigenvalue weighted by molar-refractivity contribution is -0.121. The molecule has 0 fully saturated rings. The van der Waals surface area contributed by atoms with Gasteiger partial charge >= 0.3 is 0 Å². The number of rotatable bonds is 6. The van der Waals surface area contributed by atoms with Gasteiger partial charge in [-0.1, -0.05) is 24.3 Å². The van der Waals surface area contributed by atoms with E-state index >= 15 is 0 Å². The van der Waals surface area contributed by atoms with Gasteiger partial charge in [-0.15, -0.1) is 0 Å². The maximum atomic E-state index is 12.3. The lowest BCUT2D eigenvalue weighted by Gasteiger charge is -2.10. The van der Waals surface area contributed by atoms with Crippen LogP contribution >= 0.6 is 0 Å². The van der Waals surface area contributed by atoms with E-state index in [-0.39, 0.29) is 21.5 Å². The number of sulfonamides is 2. The van der Waals surface area contributed by atoms with Crippen LogP contribution in [0.15, 0.2) is 63.3 Å². The second-order valence-electron chi connectivity index (χ2n) is 6.49. The number of nitrogens with two attached hydrogens (primary N) is 1. The maximum Gasteiger partial charge on any atom is 0.263 e. The van der Waals surface area contributed by atoms with Gasteiger partial charge in [0.25, 0.3) is 10.0 Å². The molecule has 1 amide bonds. The van der Waals surface area contributed by atoms with Gasteiger partial charge in [0.15, 0.2) is 0 Å². The van der Waals surface area contributed by atoms with E-state index in [9.17, 15) is 21.6 Å². The summed E-state index contributed by atoms with van der Waals surface area (Å²) in [6.07, 6.45) is 0.482. The van der Waals surface area contributed by atoms with Crippen molar-refractivity contribution >= 4 is 31.8 Å². The molecule has 11 heteroatoms. The lowest BCUT2D eigenvalue weighted by atomic mass is 10.1. The normalized spacial score (nSPS) is 17.4. The highest BCUT2D eigenvalue weighted by atomic mass is 32.2. The van der Waals surface area contributed by atoms with Crippen LogP contribution in [0.1, 0.15) is 18.1 Å². The van der Waals surface area contributed by atoms with Crippen molar-refractivity contribution in [3.05, 3.63) is 59.7 Å². The van der Waals surface area contributed by atoms with Crippen molar-refractivity contribution in [2.45, 2.75) is 29.2 Å². The topological polar surface area (TPSA) is 148 Å². The van der Waals surface area contributed by atoms with Gasteiger partial charge in [-0.05, 0) is 43.2 Å². The van der Waals surface area contributed by atoms with Crippen molar-refractivity contribution in [3.8, 4) is 0 Å². The first-order chi connectivity index (χ1) is 13.6. The minimum atomic E-state index is -3.74. The van der Waals surface area contributed by atoms with E-state index in [0.717, 1.165) is 5.56 Å². The standard InChI is InChI=1S/C18H20N4O5S2/c1-12(21-17-15-4-2-3-5-16(15)29(26,27)22-17)18(23)20-11-10-13-6-8-14(9-7-13)28(19,24)25/h2-9,12H,10-11H2,1H3,(H,20,23)(H,21,22)(H2,19,24,25)/t12-/m1/s1. The lowest BCUT2D eigenvalue weighted by Crippen LogP contribution is -2.35. The zero-order valence-electron chi connectivity index (χ0n) is 15.5. The molecule has 3 rings (SSSR count). The summed E-state index contributed by atoms with van der Waals surface area (Å²) in [6, 6.07) is 11.7. The minimum Gasteiger partial charge on any atom is -0.354 e. The van der Waals surface area contributed by atoms with Gasteiger partial charge in [0, 0.05) is 12.1 Å². The molecule has 1 aliphatic heterocycles. The van der Waals surface area contributed by atoms with Crippen molar-refractivity contribution in [2.24, 2.45) is 10.1 Å². The number of benzene rings is 2. The first-order valence-corrected chi connectivity index (χ1v) is 11.7. The first kappa shape index (κ1) is 21.0. The van der Waals surface area contributed by atoms with Crippen LogP contribution in [0, 0.1) is 0 Å². The highest BCUT2D eigenvalue weighted by Gasteiger charge is 2.31. The van der Waals surface area contributed by atoms with Gasteiger partial charge in [-0.3, -0.25) is 14.5 Å². The van der Waals surface area contributed by atoms with Crippen LogP contribution in [0.25, 0.3) is 0 Å². The number of hydrogen-bond acceptors (Lipinski definition) is 6. The molecule has 0 radical (unpaired) electrons. The van der Waals surface area contributed by atoms with E-state index < -0.39 is 26.1 Å². The summed E-state index contributed by atoms with van der Waals surface area (Å²) in [5.74, 6) is -0.218. The molecule has 0 saturated heterocycles. The molecule has 1 atom stereocenters. The third-order valence-electron chi connectivity index (χ3n) is 4.33. The molecule has 1 aliphatic rings. The number of amidine groups is 1. The maximum absolute atomic E-state index is 12.3. The number of carbonyl (C=O) groups is 1. The number of nitrogens with one attached hydrogen (secondary N) is 2. The highest BCUT2D eigenvalue weighted by Crippen LogP contribution is 2.22. The Kier molecular flexibility index (Phi) is 5.73. The van der Waals surface area contributed by atoms with Crippen LogP contribution in [0.4, 0.5) is 0 Å². The third-order valence-corrected chi connectivity index (χ3v) is 6.66. The van der Waals surface area contributed by atoms with Gasteiger partial charge in [0.05, 0.1) is 9.79 Å². The molecule has 0 saturated carbocycles. The minimum absolute atomic E-state index is 0.0222. The Hall–Kier alpha value is -2.76. The third kappa shape index (κ3) is 4.81. The smallest absolute Gasteiger partial charge is 0.263 e. The Morgan fingerprint density at radius 3 is 2.48 bits per heavy atom. The fourth-order valence-electron chi connectivity index (χ4n) is 2.81. The van der Waals surface area contributed by atoms with E-state index in [2.05, 4.69) is 15.0 Å². The molecule has 2 aromatic rings. The molecule has 29 heavy (non-hydrogen) atoms. The van der Waals surface area contributed by atoms with Crippen LogP contribution < -0.4 is 15.2 Å². The summed E-state index contributed by atoms with van der Waals surface area (Å²) in [6.45, 7) is 1.88. The predicted octanol–water partition coefficient (Wildman–Crippen LogP) is 0.120. The monoisotopic (exact) mass is 436 g/mol. The van der Waals surface area contributed by atoms with Gasteiger partial charge < -0.3 is 5.32 Å². The summed E-state index contributed by atoms with van der Waals surface area (Å²) in [5.41, 5.74) is 1.26. The molecule has 0 aliphatic carbocycles. The zero-order valence-corrected chi connectivity index (χ0v) is 17.1. The molecular formula is C18H20N4O5S2. The summed E-state index contributed by atoms with van der Waals surface area (Å²) in [5, 5.41) is 7.78. The molecule has 1 heterocycles. The second kappa shape index (κ2) is 7.93. The van der Waals surface area contributed by atoms with Crippen molar-refractivity contribution in [3.63, 3.8) is 0 Å². The zero-order chi connectivity index (χ0) is 21.2. The first-order valence-electron chi connectivity index (χ1n) is 8.67. The van der Waals surface area contributed by atoms with Crippen LogP contribution in [0.5, 0.6) is 0 Å². The van der Waals surface area contributed by atoms with E-state index in [0.29, 0.717) is 18.5 Å². The molecule has 0 bridgehead atoms. The highest BCUT2D eigenvalue weighted by molar-refractivity contribution is 7.90. The number of primary sulfonamides is 1. The average Bonchev–Trinajstić information content (AvgIpc) is 2.92. The predicted molar refractivity (Wildman–Crippen MR) is 107 cm³/mol. The molecule has 0 aromatic heterocycles. The van der Waals surface area contributed by atoms with Gasteiger partial charge in [0.1, 0.15) is 11.9 Å². The molecule has 154 valence electrons. The number of amides is 1. The number of nitrogens with zero attached hydrogens (tertiary/aromatic N) is 1. The molecule has 9 nitrogen and oxygen atoms in total. The number of carbonyl (C=O) groups excluding carboxylic acids is 1. The average molecular weight is 437 g/mol. The largest absolute Gasteiger partial charge is 0.354 e. The van der Waals surface area contributed by atoms with Crippen molar-refractivity contribution < 1.29 is 21.6 Å².